The summed E-state index contributed by atoms with van der Waals surface area (Å²) < 4.78 is 16.1. The van der Waals surface area contributed by atoms with Crippen LogP contribution in [0, 0.1) is 0 Å². The normalized spacial score (nSPS) is 19.0. The molecule has 0 aliphatic carbocycles. The highest BCUT2D eigenvalue weighted by atomic mass is 127. The van der Waals surface area contributed by atoms with Gasteiger partial charge in [0.15, 0.2) is 5.96 Å². The fourth-order valence-corrected chi connectivity index (χ4v) is 4.15. The van der Waals surface area contributed by atoms with Crippen LogP contribution in [0.15, 0.2) is 27.8 Å². The Hall–Kier alpha value is -0.880. The van der Waals surface area contributed by atoms with Crippen LogP contribution < -0.4 is 10.6 Å². The highest BCUT2D eigenvalue weighted by Gasteiger charge is 2.19. The quantitative estimate of drug-likeness (QED) is 0.175. The number of furan rings is 1. The van der Waals surface area contributed by atoms with Gasteiger partial charge < -0.3 is 29.4 Å². The lowest BCUT2D eigenvalue weighted by Crippen LogP contribution is -2.49. The molecule has 2 aliphatic heterocycles. The SMILES string of the molecule is COCCCN1CCC(NC(=NCCCN2CCOCC2)NCCc2ccco2)CC1.I. The molecule has 32 heavy (non-hydrogen) atoms. The topological polar surface area (TPSA) is 74.5 Å². The minimum absolute atomic E-state index is 0. The van der Waals surface area contributed by atoms with Gasteiger partial charge in [0.05, 0.1) is 19.5 Å². The maximum atomic E-state index is 5.45. The van der Waals surface area contributed by atoms with Crippen LogP contribution >= 0.6 is 24.0 Å². The van der Waals surface area contributed by atoms with E-state index < -0.39 is 0 Å². The number of morpholine rings is 1. The second kappa shape index (κ2) is 16.7. The lowest BCUT2D eigenvalue weighted by molar-refractivity contribution is 0.0377. The first kappa shape index (κ1) is 27.4. The zero-order valence-corrected chi connectivity index (χ0v) is 21.9. The van der Waals surface area contributed by atoms with Gasteiger partial charge in [-0.15, -0.1) is 24.0 Å². The molecule has 0 radical (unpaired) electrons. The Morgan fingerprint density at radius 1 is 1.12 bits per heavy atom. The summed E-state index contributed by atoms with van der Waals surface area (Å²) in [6, 6.07) is 4.44. The van der Waals surface area contributed by atoms with Crippen molar-refractivity contribution in [2.24, 2.45) is 4.99 Å². The first-order valence-electron chi connectivity index (χ1n) is 11.9. The lowest BCUT2D eigenvalue weighted by Gasteiger charge is -2.33. The summed E-state index contributed by atoms with van der Waals surface area (Å²) in [5, 5.41) is 7.20. The third-order valence-electron chi connectivity index (χ3n) is 6.00. The van der Waals surface area contributed by atoms with E-state index in [4.69, 9.17) is 18.9 Å². The van der Waals surface area contributed by atoms with Crippen molar-refractivity contribution in [3.8, 4) is 0 Å². The summed E-state index contributed by atoms with van der Waals surface area (Å²) in [5.74, 6) is 1.94. The third kappa shape index (κ3) is 10.8. The average molecular weight is 564 g/mol. The molecule has 9 heteroatoms. The summed E-state index contributed by atoms with van der Waals surface area (Å²) in [6.07, 6.45) is 7.08. The van der Waals surface area contributed by atoms with Crippen molar-refractivity contribution in [3.05, 3.63) is 24.2 Å². The number of hydrogen-bond acceptors (Lipinski definition) is 6. The Morgan fingerprint density at radius 2 is 1.88 bits per heavy atom. The van der Waals surface area contributed by atoms with Gasteiger partial charge in [-0.2, -0.15) is 0 Å². The van der Waals surface area contributed by atoms with Gasteiger partial charge in [0.2, 0.25) is 0 Å². The number of aliphatic imine (C=N–C) groups is 1. The Labute approximate surface area is 210 Å². The van der Waals surface area contributed by atoms with Crippen LogP contribution in [0.25, 0.3) is 0 Å². The second-order valence-electron chi connectivity index (χ2n) is 8.40. The van der Waals surface area contributed by atoms with E-state index in [0.29, 0.717) is 6.04 Å². The summed E-state index contributed by atoms with van der Waals surface area (Å²) >= 11 is 0. The molecule has 8 nitrogen and oxygen atoms in total. The zero-order valence-electron chi connectivity index (χ0n) is 19.6. The van der Waals surface area contributed by atoms with E-state index in [1.807, 2.05) is 12.1 Å². The Balaban J connectivity index is 0.00000363. The Morgan fingerprint density at radius 3 is 2.59 bits per heavy atom. The summed E-state index contributed by atoms with van der Waals surface area (Å²) in [4.78, 5) is 9.89. The number of hydrogen-bond donors (Lipinski definition) is 2. The van der Waals surface area contributed by atoms with Crippen molar-refractivity contribution in [1.29, 1.82) is 0 Å². The van der Waals surface area contributed by atoms with Crippen LogP contribution in [-0.2, 0) is 15.9 Å². The minimum Gasteiger partial charge on any atom is -0.469 e. The molecule has 0 spiro atoms. The third-order valence-corrected chi connectivity index (χ3v) is 6.00. The average Bonchev–Trinajstić information content (AvgIpc) is 3.32. The Bertz CT molecular complexity index is 603. The van der Waals surface area contributed by atoms with E-state index in [9.17, 15) is 0 Å². The predicted octanol–water partition coefficient (Wildman–Crippen LogP) is 2.20. The van der Waals surface area contributed by atoms with E-state index in [0.717, 1.165) is 116 Å². The van der Waals surface area contributed by atoms with Gasteiger partial charge in [-0.1, -0.05) is 0 Å². The smallest absolute Gasteiger partial charge is 0.191 e. The van der Waals surface area contributed by atoms with Crippen molar-refractivity contribution in [2.75, 3.05) is 79.3 Å². The van der Waals surface area contributed by atoms with Crippen LogP contribution in [0.5, 0.6) is 0 Å². The van der Waals surface area contributed by atoms with Gasteiger partial charge in [0, 0.05) is 78.5 Å². The maximum Gasteiger partial charge on any atom is 0.191 e. The molecule has 1 aromatic rings. The lowest BCUT2D eigenvalue weighted by atomic mass is 10.1. The molecule has 3 rings (SSSR count). The fraction of sp³-hybridized carbons (Fsp3) is 0.783. The molecule has 2 N–H and O–H groups in total. The molecule has 3 heterocycles. The van der Waals surface area contributed by atoms with Gasteiger partial charge in [-0.3, -0.25) is 9.89 Å². The molecule has 0 atom stereocenters. The summed E-state index contributed by atoms with van der Waals surface area (Å²) in [6.45, 7) is 10.8. The van der Waals surface area contributed by atoms with Gasteiger partial charge in [0.25, 0.3) is 0 Å². The number of piperidine rings is 1. The highest BCUT2D eigenvalue weighted by Crippen LogP contribution is 2.11. The highest BCUT2D eigenvalue weighted by molar-refractivity contribution is 14.0. The molecule has 0 unspecified atom stereocenters. The number of nitrogens with zero attached hydrogens (tertiary/aromatic N) is 3. The number of halogens is 1. The van der Waals surface area contributed by atoms with Gasteiger partial charge in [-0.05, 0) is 37.8 Å². The Kier molecular flexibility index (Phi) is 14.3. The molecule has 2 aliphatic rings. The largest absolute Gasteiger partial charge is 0.469 e. The molecule has 1 aromatic heterocycles. The molecule has 0 amide bonds. The fourth-order valence-electron chi connectivity index (χ4n) is 4.15. The van der Waals surface area contributed by atoms with Crippen molar-refractivity contribution in [2.45, 2.75) is 38.1 Å². The molecule has 2 saturated heterocycles. The minimum atomic E-state index is 0. The maximum absolute atomic E-state index is 5.45. The van der Waals surface area contributed by atoms with Crippen LogP contribution in [-0.4, -0.2) is 101 Å². The van der Waals surface area contributed by atoms with Gasteiger partial charge in [-0.25, -0.2) is 0 Å². The zero-order chi connectivity index (χ0) is 21.6. The molecule has 184 valence electrons. The van der Waals surface area contributed by atoms with E-state index in [1.165, 1.54) is 0 Å². The standard InChI is InChI=1S/C23H41N5O3.HI/c1-29-17-4-12-27-13-7-21(8-14-27)26-23(25-10-6-22-5-2-18-31-22)24-9-3-11-28-15-19-30-20-16-28;/h2,5,18,21H,3-4,6-17,19-20H2,1H3,(H2,24,25,26);1H. The van der Waals surface area contributed by atoms with Gasteiger partial charge >= 0.3 is 0 Å². The first-order chi connectivity index (χ1) is 15.3. The van der Waals surface area contributed by atoms with E-state index in [2.05, 4.69) is 20.4 Å². The molecular weight excluding hydrogens is 521 g/mol. The molecule has 0 aromatic carbocycles. The van der Waals surface area contributed by atoms with E-state index >= 15 is 0 Å². The van der Waals surface area contributed by atoms with E-state index in [-0.39, 0.29) is 24.0 Å². The van der Waals surface area contributed by atoms with Crippen molar-refractivity contribution in [1.82, 2.24) is 20.4 Å². The summed E-state index contributed by atoms with van der Waals surface area (Å²) in [5.41, 5.74) is 0. The monoisotopic (exact) mass is 563 g/mol. The van der Waals surface area contributed by atoms with Crippen LogP contribution in [0.3, 0.4) is 0 Å². The summed E-state index contributed by atoms with van der Waals surface area (Å²) in [7, 11) is 1.77. The first-order valence-corrected chi connectivity index (χ1v) is 11.9. The second-order valence-corrected chi connectivity index (χ2v) is 8.40. The molecule has 2 fully saturated rings. The van der Waals surface area contributed by atoms with Crippen LogP contribution in [0.4, 0.5) is 0 Å². The van der Waals surface area contributed by atoms with Crippen LogP contribution in [0.1, 0.15) is 31.4 Å². The molecule has 0 saturated carbocycles. The number of guanidine groups is 1. The number of methoxy groups -OCH3 is 1. The van der Waals surface area contributed by atoms with Crippen molar-refractivity contribution in [3.63, 3.8) is 0 Å². The van der Waals surface area contributed by atoms with Crippen molar-refractivity contribution >= 4 is 29.9 Å². The number of nitrogens with one attached hydrogen (secondary N) is 2. The predicted molar refractivity (Wildman–Crippen MR) is 139 cm³/mol. The number of rotatable bonds is 12. The number of ether oxygens (including phenoxy) is 2. The molecular formula is C23H42IN5O3. The van der Waals surface area contributed by atoms with Crippen molar-refractivity contribution < 1.29 is 13.9 Å². The number of likely N-dealkylation sites (tertiary alicyclic amines) is 1. The molecule has 0 bridgehead atoms. The van der Waals surface area contributed by atoms with E-state index in [1.54, 1.807) is 13.4 Å². The van der Waals surface area contributed by atoms with Crippen LogP contribution in [0.2, 0.25) is 0 Å². The van der Waals surface area contributed by atoms with Gasteiger partial charge in [0.1, 0.15) is 5.76 Å².